The Morgan fingerprint density at radius 1 is 0.870 bits per heavy atom. The van der Waals surface area contributed by atoms with Crippen LogP contribution in [0, 0.1) is 12.8 Å². The molecule has 0 bridgehead atoms. The molecule has 0 aliphatic heterocycles. The lowest BCUT2D eigenvalue weighted by molar-refractivity contribution is 0.251. The molecule has 2 aromatic rings. The van der Waals surface area contributed by atoms with Gasteiger partial charge < -0.3 is 9.47 Å². The van der Waals surface area contributed by atoms with Crippen LogP contribution < -0.4 is 9.47 Å². The summed E-state index contributed by atoms with van der Waals surface area (Å²) in [6, 6.07) is 16.0. The summed E-state index contributed by atoms with van der Waals surface area (Å²) >= 11 is 0. The first-order valence-electron chi connectivity index (χ1n) is 8.77. The van der Waals surface area contributed by atoms with E-state index in [-0.39, 0.29) is 0 Å². The average molecular weight is 312 g/mol. The van der Waals surface area contributed by atoms with Crippen molar-refractivity contribution in [2.24, 2.45) is 5.92 Å². The highest BCUT2D eigenvalue weighted by Crippen LogP contribution is 2.28. The van der Waals surface area contributed by atoms with Gasteiger partial charge in [-0.05, 0) is 49.9 Å². The molecule has 0 saturated heterocycles. The van der Waals surface area contributed by atoms with E-state index in [0.29, 0.717) is 0 Å². The van der Waals surface area contributed by atoms with E-state index in [1.165, 1.54) is 31.2 Å². The summed E-state index contributed by atoms with van der Waals surface area (Å²) < 4.78 is 11.8. The van der Waals surface area contributed by atoms with Gasteiger partial charge in [0, 0.05) is 6.07 Å². The molecule has 1 aliphatic carbocycles. The predicted octanol–water partition coefficient (Wildman–Crippen LogP) is 6.38. The molecule has 0 N–H and O–H groups in total. The van der Waals surface area contributed by atoms with Gasteiger partial charge in [0.05, 0.1) is 6.61 Å². The highest BCUT2D eigenvalue weighted by molar-refractivity contribution is 5.37. The zero-order chi connectivity index (χ0) is 16.5. The lowest BCUT2D eigenvalue weighted by atomic mass is 10.1. The quantitative estimate of drug-likeness (QED) is 0.637. The molecule has 124 valence electrons. The normalized spacial score (nSPS) is 14.0. The maximum atomic E-state index is 5.91. The lowest BCUT2D eigenvalue weighted by Gasteiger charge is -2.12. The number of hydrogen-bond acceptors (Lipinski definition) is 2. The number of aryl methyl sites for hydroxylation is 1. The molecule has 2 nitrogen and oxygen atoms in total. The first-order chi connectivity index (χ1) is 11.3. The fraction of sp³-hybridized carbons (Fsp3) is 0.429. The van der Waals surface area contributed by atoms with Crippen molar-refractivity contribution in [2.75, 3.05) is 6.61 Å². The molecule has 2 heteroatoms. The monoisotopic (exact) mass is 312 g/mol. The number of rotatable bonds is 5. The van der Waals surface area contributed by atoms with E-state index in [9.17, 15) is 0 Å². The van der Waals surface area contributed by atoms with E-state index < -0.39 is 0 Å². The fourth-order valence-electron chi connectivity index (χ4n) is 2.76. The predicted molar refractivity (Wildman–Crippen MR) is 96.5 cm³/mol. The number of benzene rings is 2. The van der Waals surface area contributed by atoms with Gasteiger partial charge in [0.15, 0.2) is 0 Å². The molecular formula is C21H28O2. The summed E-state index contributed by atoms with van der Waals surface area (Å²) in [5.41, 5.74) is 1.23. The molecule has 0 unspecified atom stereocenters. The molecule has 0 atom stereocenters. The van der Waals surface area contributed by atoms with Gasteiger partial charge in [-0.15, -0.1) is 0 Å². The maximum Gasteiger partial charge on any atom is 0.131 e. The Hall–Kier alpha value is -1.96. The SMILES string of the molecule is CC.Cc1ccc(Oc2cccc(OCC3CCCC3)c2)cc1. The van der Waals surface area contributed by atoms with Crippen LogP contribution in [0.1, 0.15) is 45.1 Å². The highest BCUT2D eigenvalue weighted by atomic mass is 16.5. The summed E-state index contributed by atoms with van der Waals surface area (Å²) in [5.74, 6) is 3.30. The Morgan fingerprint density at radius 2 is 1.52 bits per heavy atom. The van der Waals surface area contributed by atoms with Crippen LogP contribution in [-0.4, -0.2) is 6.61 Å². The zero-order valence-corrected chi connectivity index (χ0v) is 14.5. The summed E-state index contributed by atoms with van der Waals surface area (Å²) in [6.07, 6.45) is 5.31. The van der Waals surface area contributed by atoms with Crippen molar-refractivity contribution < 1.29 is 9.47 Å². The van der Waals surface area contributed by atoms with Crippen LogP contribution in [-0.2, 0) is 0 Å². The van der Waals surface area contributed by atoms with E-state index in [0.717, 1.165) is 29.8 Å². The van der Waals surface area contributed by atoms with E-state index in [1.54, 1.807) is 0 Å². The van der Waals surface area contributed by atoms with Gasteiger partial charge >= 0.3 is 0 Å². The van der Waals surface area contributed by atoms with E-state index >= 15 is 0 Å². The Labute approximate surface area is 140 Å². The van der Waals surface area contributed by atoms with Gasteiger partial charge in [-0.1, -0.05) is 50.5 Å². The van der Waals surface area contributed by atoms with Crippen LogP contribution >= 0.6 is 0 Å². The second-order valence-electron chi connectivity index (χ2n) is 5.85. The second kappa shape index (κ2) is 9.24. The van der Waals surface area contributed by atoms with Crippen LogP contribution in [0.5, 0.6) is 17.2 Å². The van der Waals surface area contributed by atoms with Crippen molar-refractivity contribution in [3.63, 3.8) is 0 Å². The van der Waals surface area contributed by atoms with Crippen LogP contribution in [0.25, 0.3) is 0 Å². The first kappa shape index (κ1) is 17.4. The van der Waals surface area contributed by atoms with Crippen molar-refractivity contribution in [1.82, 2.24) is 0 Å². The number of ether oxygens (including phenoxy) is 2. The van der Waals surface area contributed by atoms with Crippen molar-refractivity contribution >= 4 is 0 Å². The van der Waals surface area contributed by atoms with E-state index in [4.69, 9.17) is 9.47 Å². The summed E-state index contributed by atoms with van der Waals surface area (Å²) in [6.45, 7) is 6.90. The standard InChI is InChI=1S/C19H22O2.C2H6/c1-15-9-11-17(12-10-15)21-19-8-4-7-18(13-19)20-14-16-5-2-3-6-16;1-2/h4,7-13,16H,2-3,5-6,14H2,1H3;1-2H3. The van der Waals surface area contributed by atoms with Crippen molar-refractivity contribution in [3.05, 3.63) is 54.1 Å². The van der Waals surface area contributed by atoms with Crippen molar-refractivity contribution in [1.29, 1.82) is 0 Å². The summed E-state index contributed by atoms with van der Waals surface area (Å²) in [5, 5.41) is 0. The van der Waals surface area contributed by atoms with Crippen LogP contribution in [0.15, 0.2) is 48.5 Å². The third-order valence-corrected chi connectivity index (χ3v) is 4.02. The zero-order valence-electron chi connectivity index (χ0n) is 14.5. The van der Waals surface area contributed by atoms with Crippen LogP contribution in [0.2, 0.25) is 0 Å². The van der Waals surface area contributed by atoms with Gasteiger partial charge in [-0.25, -0.2) is 0 Å². The van der Waals surface area contributed by atoms with Gasteiger partial charge in [-0.2, -0.15) is 0 Å². The van der Waals surface area contributed by atoms with Crippen molar-refractivity contribution in [3.8, 4) is 17.2 Å². The van der Waals surface area contributed by atoms with Crippen molar-refractivity contribution in [2.45, 2.75) is 46.5 Å². The Morgan fingerprint density at radius 3 is 2.22 bits per heavy atom. The van der Waals surface area contributed by atoms with Crippen LogP contribution in [0.4, 0.5) is 0 Å². The van der Waals surface area contributed by atoms with Gasteiger partial charge in [0.25, 0.3) is 0 Å². The summed E-state index contributed by atoms with van der Waals surface area (Å²) in [4.78, 5) is 0. The molecule has 0 radical (unpaired) electrons. The largest absolute Gasteiger partial charge is 0.493 e. The molecule has 23 heavy (non-hydrogen) atoms. The molecule has 2 aromatic carbocycles. The molecule has 0 spiro atoms. The topological polar surface area (TPSA) is 18.5 Å². The fourth-order valence-corrected chi connectivity index (χ4v) is 2.76. The average Bonchev–Trinajstić information content (AvgIpc) is 3.11. The minimum Gasteiger partial charge on any atom is -0.493 e. The Kier molecular flexibility index (Phi) is 6.99. The van der Waals surface area contributed by atoms with E-state index in [2.05, 4.69) is 19.1 Å². The maximum absolute atomic E-state index is 5.91. The Balaban J connectivity index is 0.000000924. The van der Waals surface area contributed by atoms with Crippen LogP contribution in [0.3, 0.4) is 0 Å². The smallest absolute Gasteiger partial charge is 0.131 e. The molecule has 1 saturated carbocycles. The third-order valence-electron chi connectivity index (χ3n) is 4.02. The van der Waals surface area contributed by atoms with Gasteiger partial charge in [0.2, 0.25) is 0 Å². The first-order valence-corrected chi connectivity index (χ1v) is 8.77. The van der Waals surface area contributed by atoms with Gasteiger partial charge in [-0.3, -0.25) is 0 Å². The minimum absolute atomic E-state index is 0.728. The Bertz CT molecular complexity index is 569. The molecule has 3 rings (SSSR count). The van der Waals surface area contributed by atoms with E-state index in [1.807, 2.05) is 50.2 Å². The molecule has 0 amide bonds. The molecular weight excluding hydrogens is 284 g/mol. The minimum atomic E-state index is 0.728. The molecule has 0 heterocycles. The second-order valence-corrected chi connectivity index (χ2v) is 5.85. The molecule has 1 fully saturated rings. The highest BCUT2D eigenvalue weighted by Gasteiger charge is 2.15. The third kappa shape index (κ3) is 5.63. The summed E-state index contributed by atoms with van der Waals surface area (Å²) in [7, 11) is 0. The molecule has 1 aliphatic rings. The van der Waals surface area contributed by atoms with Gasteiger partial charge in [0.1, 0.15) is 17.2 Å². The lowest BCUT2D eigenvalue weighted by Crippen LogP contribution is -2.07. The number of hydrogen-bond donors (Lipinski definition) is 0. The molecule has 0 aromatic heterocycles.